The van der Waals surface area contributed by atoms with Crippen molar-refractivity contribution in [2.45, 2.75) is 26.3 Å². The lowest BCUT2D eigenvalue weighted by molar-refractivity contribution is -0.136. The highest BCUT2D eigenvalue weighted by molar-refractivity contribution is 6.41. The standard InChI is InChI=1S/C14H17NO2/c1-14(2,3)15-13(17)12(16)10-9-11-7-5-4-6-8-11/h4-10H,1-3H3,(H,15,17). The Balaban J connectivity index is 2.61. The molecule has 90 valence electrons. The third-order valence-corrected chi connectivity index (χ3v) is 1.94. The predicted molar refractivity (Wildman–Crippen MR) is 68.4 cm³/mol. The highest BCUT2D eigenvalue weighted by atomic mass is 16.2. The first-order chi connectivity index (χ1) is 7.88. The Morgan fingerprint density at radius 2 is 1.71 bits per heavy atom. The van der Waals surface area contributed by atoms with Gasteiger partial charge in [0.15, 0.2) is 0 Å². The molecular weight excluding hydrogens is 214 g/mol. The SMILES string of the molecule is CC(C)(C)NC(=O)C(=O)C=Cc1ccccc1. The van der Waals surface area contributed by atoms with Crippen LogP contribution in [-0.2, 0) is 9.59 Å². The van der Waals surface area contributed by atoms with Gasteiger partial charge in [0.2, 0.25) is 5.78 Å². The summed E-state index contributed by atoms with van der Waals surface area (Å²) in [6.45, 7) is 5.50. The monoisotopic (exact) mass is 231 g/mol. The zero-order valence-corrected chi connectivity index (χ0v) is 10.4. The average molecular weight is 231 g/mol. The van der Waals surface area contributed by atoms with Crippen LogP contribution in [0.15, 0.2) is 36.4 Å². The summed E-state index contributed by atoms with van der Waals surface area (Å²) >= 11 is 0. The second-order valence-electron chi connectivity index (χ2n) is 4.81. The second-order valence-corrected chi connectivity index (χ2v) is 4.81. The number of nitrogens with one attached hydrogen (secondary N) is 1. The van der Waals surface area contributed by atoms with Crippen LogP contribution in [-0.4, -0.2) is 17.2 Å². The summed E-state index contributed by atoms with van der Waals surface area (Å²) in [5.74, 6) is -1.12. The molecule has 0 bridgehead atoms. The van der Waals surface area contributed by atoms with Gasteiger partial charge in [0.05, 0.1) is 0 Å². The van der Waals surface area contributed by atoms with Crippen LogP contribution in [0, 0.1) is 0 Å². The Kier molecular flexibility index (Phi) is 4.21. The molecule has 0 saturated carbocycles. The van der Waals surface area contributed by atoms with E-state index in [0.717, 1.165) is 5.56 Å². The molecule has 0 atom stereocenters. The van der Waals surface area contributed by atoms with Gasteiger partial charge >= 0.3 is 0 Å². The van der Waals surface area contributed by atoms with Crippen LogP contribution in [0.4, 0.5) is 0 Å². The summed E-state index contributed by atoms with van der Waals surface area (Å²) < 4.78 is 0. The van der Waals surface area contributed by atoms with Crippen LogP contribution in [0.2, 0.25) is 0 Å². The number of carbonyl (C=O) groups excluding carboxylic acids is 2. The maximum Gasteiger partial charge on any atom is 0.292 e. The fourth-order valence-electron chi connectivity index (χ4n) is 1.21. The van der Waals surface area contributed by atoms with Crippen molar-refractivity contribution in [3.05, 3.63) is 42.0 Å². The number of rotatable bonds is 3. The molecule has 0 aliphatic rings. The van der Waals surface area contributed by atoms with Crippen LogP contribution in [0.5, 0.6) is 0 Å². The normalized spacial score (nSPS) is 11.5. The molecule has 0 unspecified atom stereocenters. The lowest BCUT2D eigenvalue weighted by Crippen LogP contribution is -2.43. The molecule has 1 rings (SSSR count). The Labute approximate surface area is 102 Å². The van der Waals surface area contributed by atoms with Crippen molar-refractivity contribution >= 4 is 17.8 Å². The van der Waals surface area contributed by atoms with Gasteiger partial charge in [-0.05, 0) is 32.4 Å². The van der Waals surface area contributed by atoms with Crippen LogP contribution in [0.25, 0.3) is 6.08 Å². The molecule has 1 N–H and O–H groups in total. The van der Waals surface area contributed by atoms with Gasteiger partial charge in [-0.3, -0.25) is 9.59 Å². The Morgan fingerprint density at radius 1 is 1.12 bits per heavy atom. The minimum Gasteiger partial charge on any atom is -0.345 e. The molecule has 1 amide bonds. The highest BCUT2D eigenvalue weighted by Crippen LogP contribution is 2.02. The van der Waals surface area contributed by atoms with Gasteiger partial charge in [-0.2, -0.15) is 0 Å². The minimum absolute atomic E-state index is 0.396. The number of ketones is 1. The van der Waals surface area contributed by atoms with Crippen molar-refractivity contribution in [3.63, 3.8) is 0 Å². The van der Waals surface area contributed by atoms with E-state index in [1.165, 1.54) is 6.08 Å². The number of hydrogen-bond donors (Lipinski definition) is 1. The quantitative estimate of drug-likeness (QED) is 0.640. The topological polar surface area (TPSA) is 46.2 Å². The van der Waals surface area contributed by atoms with Crippen molar-refractivity contribution in [3.8, 4) is 0 Å². The molecule has 0 radical (unpaired) electrons. The maximum atomic E-state index is 11.5. The van der Waals surface area contributed by atoms with Crippen molar-refractivity contribution in [2.24, 2.45) is 0 Å². The van der Waals surface area contributed by atoms with Crippen LogP contribution in [0.1, 0.15) is 26.3 Å². The van der Waals surface area contributed by atoms with E-state index in [2.05, 4.69) is 5.32 Å². The predicted octanol–water partition coefficient (Wildman–Crippen LogP) is 2.18. The van der Waals surface area contributed by atoms with E-state index < -0.39 is 17.2 Å². The first kappa shape index (κ1) is 13.2. The van der Waals surface area contributed by atoms with Gasteiger partial charge in [-0.1, -0.05) is 36.4 Å². The van der Waals surface area contributed by atoms with E-state index in [4.69, 9.17) is 0 Å². The maximum absolute atomic E-state index is 11.5. The molecule has 0 fully saturated rings. The number of carbonyl (C=O) groups is 2. The van der Waals surface area contributed by atoms with E-state index in [-0.39, 0.29) is 0 Å². The molecule has 3 nitrogen and oxygen atoms in total. The van der Waals surface area contributed by atoms with E-state index in [1.54, 1.807) is 6.08 Å². The highest BCUT2D eigenvalue weighted by Gasteiger charge is 2.17. The molecule has 0 aliphatic carbocycles. The summed E-state index contributed by atoms with van der Waals surface area (Å²) in [7, 11) is 0. The Morgan fingerprint density at radius 3 is 2.24 bits per heavy atom. The molecule has 0 spiro atoms. The molecule has 3 heteroatoms. The Hall–Kier alpha value is -1.90. The summed E-state index contributed by atoms with van der Waals surface area (Å²) in [4.78, 5) is 23.0. The third kappa shape index (κ3) is 5.11. The van der Waals surface area contributed by atoms with E-state index >= 15 is 0 Å². The van der Waals surface area contributed by atoms with Crippen molar-refractivity contribution in [1.29, 1.82) is 0 Å². The van der Waals surface area contributed by atoms with E-state index in [9.17, 15) is 9.59 Å². The second kappa shape index (κ2) is 5.43. The van der Waals surface area contributed by atoms with Gasteiger partial charge in [0.25, 0.3) is 5.91 Å². The molecule has 1 aromatic rings. The van der Waals surface area contributed by atoms with Crippen LogP contribution >= 0.6 is 0 Å². The number of hydrogen-bond acceptors (Lipinski definition) is 2. The molecule has 0 aromatic heterocycles. The lowest BCUT2D eigenvalue weighted by atomic mass is 10.1. The zero-order valence-electron chi connectivity index (χ0n) is 10.4. The number of benzene rings is 1. The van der Waals surface area contributed by atoms with Crippen molar-refractivity contribution in [2.75, 3.05) is 0 Å². The largest absolute Gasteiger partial charge is 0.345 e. The first-order valence-electron chi connectivity index (χ1n) is 5.48. The fraction of sp³-hybridized carbons (Fsp3) is 0.286. The average Bonchev–Trinajstić information content (AvgIpc) is 2.25. The third-order valence-electron chi connectivity index (χ3n) is 1.94. The summed E-state index contributed by atoms with van der Waals surface area (Å²) in [5.41, 5.74) is 0.497. The summed E-state index contributed by atoms with van der Waals surface area (Å²) in [6.07, 6.45) is 2.92. The zero-order chi connectivity index (χ0) is 12.9. The molecule has 0 aliphatic heterocycles. The van der Waals surface area contributed by atoms with Crippen LogP contribution < -0.4 is 5.32 Å². The summed E-state index contributed by atoms with van der Waals surface area (Å²) in [5, 5.41) is 2.62. The minimum atomic E-state index is -0.579. The summed E-state index contributed by atoms with van der Waals surface area (Å²) in [6, 6.07) is 9.38. The fourth-order valence-corrected chi connectivity index (χ4v) is 1.21. The lowest BCUT2D eigenvalue weighted by Gasteiger charge is -2.19. The van der Waals surface area contributed by atoms with Gasteiger partial charge in [-0.15, -0.1) is 0 Å². The van der Waals surface area contributed by atoms with Gasteiger partial charge in [0.1, 0.15) is 0 Å². The van der Waals surface area contributed by atoms with E-state index in [0.29, 0.717) is 0 Å². The van der Waals surface area contributed by atoms with Crippen LogP contribution in [0.3, 0.4) is 0 Å². The van der Waals surface area contributed by atoms with Gasteiger partial charge < -0.3 is 5.32 Å². The number of amides is 1. The van der Waals surface area contributed by atoms with Crippen molar-refractivity contribution < 1.29 is 9.59 Å². The van der Waals surface area contributed by atoms with E-state index in [1.807, 2.05) is 51.1 Å². The first-order valence-corrected chi connectivity index (χ1v) is 5.48. The van der Waals surface area contributed by atoms with Crippen molar-refractivity contribution in [1.82, 2.24) is 5.32 Å². The smallest absolute Gasteiger partial charge is 0.292 e. The van der Waals surface area contributed by atoms with Gasteiger partial charge in [-0.25, -0.2) is 0 Å². The van der Waals surface area contributed by atoms with Gasteiger partial charge in [0, 0.05) is 5.54 Å². The Bertz CT molecular complexity index is 427. The molecule has 1 aromatic carbocycles. The molecule has 0 saturated heterocycles. The molecule has 0 heterocycles. The molecule has 17 heavy (non-hydrogen) atoms. The molecular formula is C14H17NO2.